The van der Waals surface area contributed by atoms with Crippen LogP contribution in [-0.2, 0) is 14.3 Å². The molecule has 1 aromatic rings. The van der Waals surface area contributed by atoms with Crippen LogP contribution in [0.2, 0.25) is 0 Å². The maximum atomic E-state index is 12.9. The Bertz CT molecular complexity index is 776. The van der Waals surface area contributed by atoms with Crippen molar-refractivity contribution in [2.24, 2.45) is 5.92 Å². The highest BCUT2D eigenvalue weighted by Gasteiger charge is 2.46. The number of nitrogens with zero attached hydrogens (tertiary/aromatic N) is 1. The fourth-order valence-corrected chi connectivity index (χ4v) is 4.57. The van der Waals surface area contributed by atoms with Gasteiger partial charge in [0.15, 0.2) is 0 Å². The van der Waals surface area contributed by atoms with Gasteiger partial charge >= 0.3 is 12.1 Å². The minimum absolute atomic E-state index is 0.285. The van der Waals surface area contributed by atoms with E-state index in [9.17, 15) is 19.2 Å². The van der Waals surface area contributed by atoms with E-state index in [2.05, 4.69) is 10.1 Å². The number of carbonyl (C=O) groups is 4. The second-order valence-corrected chi connectivity index (χ2v) is 8.04. The molecule has 1 fully saturated rings. The summed E-state index contributed by atoms with van der Waals surface area (Å²) in [5.74, 6) is -0.910. The maximum absolute atomic E-state index is 12.9. The first-order valence-electron chi connectivity index (χ1n) is 8.94. The van der Waals surface area contributed by atoms with Crippen LogP contribution < -0.4 is 5.32 Å². The Morgan fingerprint density at radius 2 is 1.75 bits per heavy atom. The number of fused-ring (bicyclic) bond motifs is 1. The molecule has 3 amide bonds. The number of esters is 1. The van der Waals surface area contributed by atoms with Gasteiger partial charge in [-0.2, -0.15) is 11.8 Å². The van der Waals surface area contributed by atoms with Crippen molar-refractivity contribution < 1.29 is 28.7 Å². The zero-order chi connectivity index (χ0) is 20.4. The summed E-state index contributed by atoms with van der Waals surface area (Å²) in [5.41, 5.74) is 0.570. The first-order chi connectivity index (χ1) is 13.3. The van der Waals surface area contributed by atoms with E-state index < -0.39 is 42.1 Å². The number of thioether (sulfide) groups is 1. The van der Waals surface area contributed by atoms with Crippen LogP contribution in [0.3, 0.4) is 0 Å². The van der Waals surface area contributed by atoms with Gasteiger partial charge in [-0.25, -0.2) is 9.59 Å². The fourth-order valence-electron chi connectivity index (χ4n) is 3.35. The zero-order valence-corrected chi connectivity index (χ0v) is 16.7. The molecule has 3 atom stereocenters. The Kier molecular flexibility index (Phi) is 5.93. The van der Waals surface area contributed by atoms with Gasteiger partial charge in [0.05, 0.1) is 24.3 Å². The molecule has 9 heteroatoms. The average molecular weight is 406 g/mol. The lowest BCUT2D eigenvalue weighted by Gasteiger charge is -2.29. The Hall–Kier alpha value is -2.55. The molecular weight excluding hydrogens is 384 g/mol. The standard InChI is InChI=1S/C19H22N2O6S/c1-10(2)15(21-16(22)11-6-4-5-7-12(11)17(21)23)18(24)27-14-9-28-8-13(14)20-19(25)26-3/h4-7,10,13-15H,8-9H2,1-3H3,(H,20,25)/t13-,14+,15-/m1/s1. The highest BCUT2D eigenvalue weighted by Crippen LogP contribution is 2.29. The van der Waals surface area contributed by atoms with Crippen LogP contribution in [0.4, 0.5) is 4.79 Å². The summed E-state index contributed by atoms with van der Waals surface area (Å²) in [6, 6.07) is 5.06. The van der Waals surface area contributed by atoms with Gasteiger partial charge in [0.2, 0.25) is 0 Å². The molecule has 0 unspecified atom stereocenters. The van der Waals surface area contributed by atoms with Gasteiger partial charge in [-0.15, -0.1) is 0 Å². The van der Waals surface area contributed by atoms with Crippen molar-refractivity contribution in [3.8, 4) is 0 Å². The quantitative estimate of drug-likeness (QED) is 0.586. The lowest BCUT2D eigenvalue weighted by Crippen LogP contribution is -2.51. The predicted octanol–water partition coefficient (Wildman–Crippen LogP) is 1.69. The molecular formula is C19H22N2O6S. The SMILES string of the molecule is COC(=O)N[C@@H]1CSC[C@@H]1OC(=O)[C@@H](C(C)C)N1C(=O)c2ccccc2C1=O. The molecule has 150 valence electrons. The Labute approximate surface area is 166 Å². The highest BCUT2D eigenvalue weighted by atomic mass is 32.2. The Morgan fingerprint density at radius 1 is 1.14 bits per heavy atom. The summed E-state index contributed by atoms with van der Waals surface area (Å²) in [6.45, 7) is 3.51. The number of methoxy groups -OCH3 is 1. The van der Waals surface area contributed by atoms with E-state index in [1.807, 2.05) is 0 Å². The molecule has 28 heavy (non-hydrogen) atoms. The van der Waals surface area contributed by atoms with Crippen molar-refractivity contribution in [2.45, 2.75) is 32.0 Å². The van der Waals surface area contributed by atoms with Gasteiger partial charge in [-0.05, 0) is 18.1 Å². The molecule has 0 aliphatic carbocycles. The molecule has 1 aromatic carbocycles. The first-order valence-corrected chi connectivity index (χ1v) is 10.1. The van der Waals surface area contributed by atoms with Crippen molar-refractivity contribution in [3.63, 3.8) is 0 Å². The molecule has 0 spiro atoms. The Balaban J connectivity index is 1.78. The Morgan fingerprint density at radius 3 is 2.29 bits per heavy atom. The number of alkyl carbamates (subject to hydrolysis) is 1. The minimum Gasteiger partial charge on any atom is -0.458 e. The van der Waals surface area contributed by atoms with Crippen LogP contribution in [0.1, 0.15) is 34.6 Å². The zero-order valence-electron chi connectivity index (χ0n) is 15.8. The van der Waals surface area contributed by atoms with Crippen molar-refractivity contribution in [2.75, 3.05) is 18.6 Å². The summed E-state index contributed by atoms with van der Waals surface area (Å²) in [5, 5.41) is 2.65. The van der Waals surface area contributed by atoms with E-state index in [0.717, 1.165) is 4.90 Å². The van der Waals surface area contributed by atoms with Crippen molar-refractivity contribution >= 4 is 35.6 Å². The van der Waals surface area contributed by atoms with Gasteiger partial charge in [-0.1, -0.05) is 26.0 Å². The van der Waals surface area contributed by atoms with E-state index in [0.29, 0.717) is 11.5 Å². The van der Waals surface area contributed by atoms with Crippen LogP contribution in [0, 0.1) is 5.92 Å². The number of imide groups is 1. The number of hydrogen-bond donors (Lipinski definition) is 1. The number of rotatable bonds is 5. The molecule has 0 radical (unpaired) electrons. The van der Waals surface area contributed by atoms with E-state index in [4.69, 9.17) is 4.74 Å². The summed E-state index contributed by atoms with van der Waals surface area (Å²) in [4.78, 5) is 50.9. The van der Waals surface area contributed by atoms with Gasteiger partial charge in [0.1, 0.15) is 12.1 Å². The number of hydrogen-bond acceptors (Lipinski definition) is 7. The third kappa shape index (κ3) is 3.71. The summed E-state index contributed by atoms with van der Waals surface area (Å²) >= 11 is 1.53. The first kappa shape index (κ1) is 20.2. The van der Waals surface area contributed by atoms with E-state index in [1.165, 1.54) is 18.9 Å². The maximum Gasteiger partial charge on any atom is 0.407 e. The van der Waals surface area contributed by atoms with E-state index in [1.54, 1.807) is 38.1 Å². The molecule has 2 aliphatic heterocycles. The van der Waals surface area contributed by atoms with Crippen LogP contribution in [0.25, 0.3) is 0 Å². The molecule has 1 saturated heterocycles. The summed E-state index contributed by atoms with van der Waals surface area (Å²) < 4.78 is 10.2. The third-order valence-electron chi connectivity index (χ3n) is 4.76. The average Bonchev–Trinajstić information content (AvgIpc) is 3.19. The number of ether oxygens (including phenoxy) is 2. The number of benzene rings is 1. The summed E-state index contributed by atoms with van der Waals surface area (Å²) in [7, 11) is 1.26. The molecule has 0 saturated carbocycles. The van der Waals surface area contributed by atoms with Gasteiger partial charge < -0.3 is 14.8 Å². The number of nitrogens with one attached hydrogen (secondary N) is 1. The third-order valence-corrected chi connectivity index (χ3v) is 5.92. The van der Waals surface area contributed by atoms with Crippen LogP contribution in [-0.4, -0.2) is 65.6 Å². The summed E-state index contributed by atoms with van der Waals surface area (Å²) in [6.07, 6.45) is -1.16. The van der Waals surface area contributed by atoms with Crippen molar-refractivity contribution in [3.05, 3.63) is 35.4 Å². The number of amides is 3. The molecule has 0 aromatic heterocycles. The highest BCUT2D eigenvalue weighted by molar-refractivity contribution is 7.99. The molecule has 2 aliphatic rings. The molecule has 8 nitrogen and oxygen atoms in total. The van der Waals surface area contributed by atoms with Crippen LogP contribution >= 0.6 is 11.8 Å². The minimum atomic E-state index is -1.04. The molecule has 2 heterocycles. The molecule has 1 N–H and O–H groups in total. The lowest BCUT2D eigenvalue weighted by atomic mass is 10.0. The van der Waals surface area contributed by atoms with Gasteiger partial charge in [0.25, 0.3) is 11.8 Å². The fraction of sp³-hybridized carbons (Fsp3) is 0.474. The molecule has 0 bridgehead atoms. The second-order valence-electron chi connectivity index (χ2n) is 6.97. The lowest BCUT2D eigenvalue weighted by molar-refractivity contribution is -0.155. The van der Waals surface area contributed by atoms with Gasteiger partial charge in [0, 0.05) is 11.5 Å². The number of carbonyl (C=O) groups excluding carboxylic acids is 4. The van der Waals surface area contributed by atoms with Crippen molar-refractivity contribution in [1.82, 2.24) is 10.2 Å². The van der Waals surface area contributed by atoms with Crippen molar-refractivity contribution in [1.29, 1.82) is 0 Å². The second kappa shape index (κ2) is 8.22. The normalized spacial score (nSPS) is 22.2. The monoisotopic (exact) mass is 406 g/mol. The van der Waals surface area contributed by atoms with Crippen LogP contribution in [0.5, 0.6) is 0 Å². The van der Waals surface area contributed by atoms with E-state index in [-0.39, 0.29) is 17.0 Å². The van der Waals surface area contributed by atoms with Crippen LogP contribution in [0.15, 0.2) is 24.3 Å². The van der Waals surface area contributed by atoms with Gasteiger partial charge in [-0.3, -0.25) is 14.5 Å². The molecule has 3 rings (SSSR count). The topological polar surface area (TPSA) is 102 Å². The van der Waals surface area contributed by atoms with E-state index >= 15 is 0 Å². The largest absolute Gasteiger partial charge is 0.458 e. The predicted molar refractivity (Wildman–Crippen MR) is 102 cm³/mol. The smallest absolute Gasteiger partial charge is 0.407 e.